The zero-order chi connectivity index (χ0) is 29.0. The van der Waals surface area contributed by atoms with Gasteiger partial charge < -0.3 is 0 Å². The molecule has 0 radical (unpaired) electrons. The highest BCUT2D eigenvalue weighted by atomic mass is 14.9. The molecule has 0 saturated heterocycles. The Balaban J connectivity index is 1.26. The third-order valence-electron chi connectivity index (χ3n) is 8.88. The largest absolute Gasteiger partial charge is 0.228 e. The van der Waals surface area contributed by atoms with E-state index in [2.05, 4.69) is 135 Å². The summed E-state index contributed by atoms with van der Waals surface area (Å²) in [5.41, 5.74) is 12.7. The number of hydrogen-bond acceptors (Lipinski definition) is 2. The first kappa shape index (κ1) is 25.4. The van der Waals surface area contributed by atoms with Crippen LogP contribution in [-0.4, -0.2) is 9.97 Å². The Labute approximate surface area is 252 Å². The summed E-state index contributed by atoms with van der Waals surface area (Å²) in [6.45, 7) is 4.70. The second kappa shape index (κ2) is 9.89. The van der Waals surface area contributed by atoms with Crippen LogP contribution in [0.1, 0.15) is 25.0 Å². The van der Waals surface area contributed by atoms with E-state index in [0.29, 0.717) is 0 Å². The fourth-order valence-corrected chi connectivity index (χ4v) is 6.68. The Morgan fingerprint density at radius 3 is 1.74 bits per heavy atom. The number of hydrogen-bond donors (Lipinski definition) is 0. The van der Waals surface area contributed by atoms with Crippen molar-refractivity contribution in [1.29, 1.82) is 0 Å². The van der Waals surface area contributed by atoms with Gasteiger partial charge in [0.15, 0.2) is 5.82 Å². The molecule has 0 bridgehead atoms. The minimum absolute atomic E-state index is 0.132. The zero-order valence-electron chi connectivity index (χ0n) is 24.3. The van der Waals surface area contributed by atoms with E-state index in [1.54, 1.807) is 0 Å². The molecule has 0 fully saturated rings. The van der Waals surface area contributed by atoms with E-state index in [1.165, 1.54) is 44.2 Å². The highest BCUT2D eigenvalue weighted by Crippen LogP contribution is 2.52. The first-order chi connectivity index (χ1) is 21.1. The van der Waals surface area contributed by atoms with Gasteiger partial charge in [-0.2, -0.15) is 0 Å². The topological polar surface area (TPSA) is 25.8 Å². The summed E-state index contributed by atoms with van der Waals surface area (Å²) in [6, 6.07) is 51.7. The van der Waals surface area contributed by atoms with Crippen molar-refractivity contribution in [3.05, 3.63) is 157 Å². The molecule has 0 amide bonds. The molecule has 2 nitrogen and oxygen atoms in total. The van der Waals surface area contributed by atoms with Gasteiger partial charge >= 0.3 is 0 Å². The molecule has 1 aliphatic carbocycles. The monoisotopic (exact) mass is 550 g/mol. The molecular weight excluding hydrogens is 520 g/mol. The fraction of sp³-hybridized carbons (Fsp3) is 0.0732. The van der Waals surface area contributed by atoms with Crippen LogP contribution in [0.25, 0.3) is 66.9 Å². The Bertz CT molecular complexity index is 2130. The van der Waals surface area contributed by atoms with Crippen molar-refractivity contribution in [2.24, 2.45) is 0 Å². The second-order valence-corrected chi connectivity index (χ2v) is 11.9. The van der Waals surface area contributed by atoms with E-state index >= 15 is 0 Å². The van der Waals surface area contributed by atoms with Crippen LogP contribution < -0.4 is 0 Å². The van der Waals surface area contributed by atoms with E-state index in [1.807, 2.05) is 24.3 Å². The second-order valence-electron chi connectivity index (χ2n) is 11.9. The molecule has 0 spiro atoms. The third kappa shape index (κ3) is 4.26. The maximum atomic E-state index is 5.13. The van der Waals surface area contributed by atoms with Crippen LogP contribution in [0, 0.1) is 0 Å². The molecule has 0 N–H and O–H groups in total. The predicted molar refractivity (Wildman–Crippen MR) is 179 cm³/mol. The Morgan fingerprint density at radius 1 is 0.442 bits per heavy atom. The Hall–Kier alpha value is -5.34. The number of rotatable bonds is 4. The highest BCUT2D eigenvalue weighted by molar-refractivity contribution is 5.98. The summed E-state index contributed by atoms with van der Waals surface area (Å²) < 4.78 is 0. The minimum Gasteiger partial charge on any atom is -0.228 e. The lowest BCUT2D eigenvalue weighted by Crippen LogP contribution is -2.15. The van der Waals surface area contributed by atoms with Gasteiger partial charge in [-0.15, -0.1) is 0 Å². The molecule has 1 heterocycles. The summed E-state index contributed by atoms with van der Waals surface area (Å²) in [4.78, 5) is 10.2. The van der Waals surface area contributed by atoms with Crippen LogP contribution >= 0.6 is 0 Å². The smallest absolute Gasteiger partial charge is 0.160 e. The lowest BCUT2D eigenvalue weighted by molar-refractivity contribution is 0.666. The predicted octanol–water partition coefficient (Wildman–Crippen LogP) is 10.6. The summed E-state index contributed by atoms with van der Waals surface area (Å²) in [5, 5.41) is 2.62. The molecule has 1 aromatic heterocycles. The summed E-state index contributed by atoms with van der Waals surface area (Å²) in [5.74, 6) is 0.731. The van der Waals surface area contributed by atoms with Crippen LogP contribution in [0.4, 0.5) is 0 Å². The molecule has 0 saturated carbocycles. The van der Waals surface area contributed by atoms with Crippen LogP contribution in [-0.2, 0) is 5.41 Å². The van der Waals surface area contributed by atoms with Gasteiger partial charge in [-0.1, -0.05) is 147 Å². The quantitative estimate of drug-likeness (QED) is 0.218. The molecule has 0 aliphatic heterocycles. The van der Waals surface area contributed by atoms with Gasteiger partial charge in [0.05, 0.1) is 11.4 Å². The fourth-order valence-electron chi connectivity index (χ4n) is 6.68. The van der Waals surface area contributed by atoms with E-state index < -0.39 is 0 Å². The van der Waals surface area contributed by atoms with Crippen molar-refractivity contribution in [1.82, 2.24) is 9.97 Å². The zero-order valence-corrected chi connectivity index (χ0v) is 24.3. The maximum Gasteiger partial charge on any atom is 0.160 e. The van der Waals surface area contributed by atoms with Gasteiger partial charge in [0.25, 0.3) is 0 Å². The Morgan fingerprint density at radius 2 is 1.00 bits per heavy atom. The van der Waals surface area contributed by atoms with Gasteiger partial charge in [0.1, 0.15) is 0 Å². The van der Waals surface area contributed by atoms with Crippen LogP contribution in [0.15, 0.2) is 146 Å². The normalized spacial score (nSPS) is 13.1. The van der Waals surface area contributed by atoms with Crippen molar-refractivity contribution >= 4 is 10.8 Å². The van der Waals surface area contributed by atoms with Crippen molar-refractivity contribution in [3.8, 4) is 56.2 Å². The van der Waals surface area contributed by atoms with E-state index in [4.69, 9.17) is 9.97 Å². The van der Waals surface area contributed by atoms with Gasteiger partial charge in [0, 0.05) is 22.1 Å². The number of benzene rings is 6. The average Bonchev–Trinajstić information content (AvgIpc) is 3.31. The number of nitrogens with zero attached hydrogens (tertiary/aromatic N) is 2. The maximum absolute atomic E-state index is 5.13. The van der Waals surface area contributed by atoms with Crippen molar-refractivity contribution in [3.63, 3.8) is 0 Å². The van der Waals surface area contributed by atoms with Crippen molar-refractivity contribution in [2.45, 2.75) is 19.3 Å². The average molecular weight is 551 g/mol. The highest BCUT2D eigenvalue weighted by Gasteiger charge is 2.37. The lowest BCUT2D eigenvalue weighted by Gasteiger charge is -2.23. The first-order valence-electron chi connectivity index (χ1n) is 14.8. The first-order valence-corrected chi connectivity index (χ1v) is 14.8. The van der Waals surface area contributed by atoms with Gasteiger partial charge in [-0.05, 0) is 56.3 Å². The minimum atomic E-state index is -0.132. The van der Waals surface area contributed by atoms with Crippen LogP contribution in [0.2, 0.25) is 0 Å². The molecule has 43 heavy (non-hydrogen) atoms. The molecule has 204 valence electrons. The van der Waals surface area contributed by atoms with Gasteiger partial charge in [-0.25, -0.2) is 9.97 Å². The van der Waals surface area contributed by atoms with E-state index in [-0.39, 0.29) is 5.41 Å². The summed E-state index contributed by atoms with van der Waals surface area (Å²) in [7, 11) is 0. The van der Waals surface area contributed by atoms with Crippen molar-refractivity contribution < 1.29 is 0 Å². The summed E-state index contributed by atoms with van der Waals surface area (Å²) in [6.07, 6.45) is 0. The molecule has 1 aliphatic rings. The van der Waals surface area contributed by atoms with Crippen LogP contribution in [0.5, 0.6) is 0 Å². The molecule has 8 rings (SSSR count). The van der Waals surface area contributed by atoms with Gasteiger partial charge in [-0.3, -0.25) is 0 Å². The molecule has 2 heteroatoms. The number of aromatic nitrogens is 2. The SMILES string of the molecule is CC1(C)c2cc(-c3cc(-c4ccc(-c5ccccc5)cc4)nc(-c4ccccc4)n3)ccc2-c2ccc3ccccc3c21. The van der Waals surface area contributed by atoms with E-state index in [0.717, 1.165) is 33.9 Å². The third-order valence-corrected chi connectivity index (χ3v) is 8.88. The van der Waals surface area contributed by atoms with Crippen molar-refractivity contribution in [2.75, 3.05) is 0 Å². The molecule has 0 atom stereocenters. The molecule has 7 aromatic rings. The van der Waals surface area contributed by atoms with E-state index in [9.17, 15) is 0 Å². The standard InChI is InChI=1S/C41H30N2/c1-41(2)36-25-32(22-23-34(36)35-24-21-29-13-9-10-16-33(29)39(35)41)38-26-37(42-40(43-38)31-14-7-4-8-15-31)30-19-17-28(18-20-30)27-11-5-3-6-12-27/h3-26H,1-2H3. The molecule has 0 unspecified atom stereocenters. The molecule has 6 aromatic carbocycles. The van der Waals surface area contributed by atoms with Crippen LogP contribution in [0.3, 0.4) is 0 Å². The number of fused-ring (bicyclic) bond motifs is 5. The molecular formula is C41H30N2. The Kier molecular flexibility index (Phi) is 5.84. The summed E-state index contributed by atoms with van der Waals surface area (Å²) >= 11 is 0. The lowest BCUT2D eigenvalue weighted by atomic mass is 9.80. The van der Waals surface area contributed by atoms with Gasteiger partial charge in [0.2, 0.25) is 0 Å².